The Bertz CT molecular complexity index is 988. The van der Waals surface area contributed by atoms with Crippen molar-refractivity contribution >= 4 is 11.6 Å². The van der Waals surface area contributed by atoms with Crippen molar-refractivity contribution in [3.63, 3.8) is 0 Å². The van der Waals surface area contributed by atoms with Crippen molar-refractivity contribution < 1.29 is 0 Å². The molecule has 0 unspecified atom stereocenters. The third-order valence-electron chi connectivity index (χ3n) is 4.09. The zero-order valence-electron chi connectivity index (χ0n) is 13.7. The number of aryl methyl sites for hydroxylation is 1. The van der Waals surface area contributed by atoms with Crippen LogP contribution in [-0.2, 0) is 0 Å². The fraction of sp³-hybridized carbons (Fsp3) is 0.0476. The Kier molecular flexibility index (Phi) is 4.08. The molecule has 0 saturated heterocycles. The van der Waals surface area contributed by atoms with Crippen molar-refractivity contribution in [2.24, 2.45) is 0 Å². The standard InChI is InChI=1S/C21H16ClN3/c1-15-7-13-19(14-8-15)25-20(16-5-3-2-4-6-16)23-24-21(25)17-9-11-18(22)12-10-17/h2-14H,1H3. The van der Waals surface area contributed by atoms with Crippen LogP contribution in [0.2, 0.25) is 5.02 Å². The molecule has 0 spiro atoms. The maximum atomic E-state index is 6.03. The van der Waals surface area contributed by atoms with Crippen LogP contribution in [0.15, 0.2) is 78.9 Å². The van der Waals surface area contributed by atoms with Crippen LogP contribution in [0.1, 0.15) is 5.56 Å². The molecule has 0 bridgehead atoms. The minimum Gasteiger partial charge on any atom is -0.275 e. The van der Waals surface area contributed by atoms with E-state index in [1.807, 2.05) is 54.6 Å². The summed E-state index contributed by atoms with van der Waals surface area (Å²) in [5, 5.41) is 9.63. The van der Waals surface area contributed by atoms with E-state index in [1.165, 1.54) is 5.56 Å². The van der Waals surface area contributed by atoms with E-state index in [-0.39, 0.29) is 0 Å². The highest BCUT2D eigenvalue weighted by Crippen LogP contribution is 2.29. The van der Waals surface area contributed by atoms with E-state index in [0.717, 1.165) is 28.5 Å². The normalized spacial score (nSPS) is 10.8. The molecule has 25 heavy (non-hydrogen) atoms. The molecule has 4 rings (SSSR count). The van der Waals surface area contributed by atoms with Gasteiger partial charge >= 0.3 is 0 Å². The number of hydrogen-bond donors (Lipinski definition) is 0. The molecule has 0 fully saturated rings. The van der Waals surface area contributed by atoms with Gasteiger partial charge in [-0.1, -0.05) is 59.6 Å². The largest absolute Gasteiger partial charge is 0.275 e. The van der Waals surface area contributed by atoms with E-state index in [9.17, 15) is 0 Å². The molecule has 3 nitrogen and oxygen atoms in total. The van der Waals surface area contributed by atoms with Crippen molar-refractivity contribution in [2.75, 3.05) is 0 Å². The first-order valence-corrected chi connectivity index (χ1v) is 8.44. The topological polar surface area (TPSA) is 30.7 Å². The van der Waals surface area contributed by atoms with E-state index in [1.54, 1.807) is 0 Å². The van der Waals surface area contributed by atoms with Gasteiger partial charge in [-0.2, -0.15) is 0 Å². The first-order valence-electron chi connectivity index (χ1n) is 8.06. The molecule has 0 N–H and O–H groups in total. The molecule has 0 amide bonds. The summed E-state index contributed by atoms with van der Waals surface area (Å²) in [6.07, 6.45) is 0. The Balaban J connectivity index is 1.94. The van der Waals surface area contributed by atoms with Gasteiger partial charge < -0.3 is 0 Å². The van der Waals surface area contributed by atoms with Gasteiger partial charge in [-0.05, 0) is 43.3 Å². The fourth-order valence-electron chi connectivity index (χ4n) is 2.78. The minimum absolute atomic E-state index is 0.702. The lowest BCUT2D eigenvalue weighted by molar-refractivity contribution is 1.07. The average Bonchev–Trinajstić information content (AvgIpc) is 3.09. The van der Waals surface area contributed by atoms with Gasteiger partial charge in [0.1, 0.15) is 0 Å². The van der Waals surface area contributed by atoms with Gasteiger partial charge in [0.2, 0.25) is 0 Å². The quantitative estimate of drug-likeness (QED) is 0.486. The van der Waals surface area contributed by atoms with Crippen LogP contribution in [0, 0.1) is 6.92 Å². The summed E-state index contributed by atoms with van der Waals surface area (Å²) in [6, 6.07) is 26.1. The fourth-order valence-corrected chi connectivity index (χ4v) is 2.91. The molecule has 1 heterocycles. The van der Waals surface area contributed by atoms with Crippen LogP contribution in [0.25, 0.3) is 28.5 Å². The summed E-state index contributed by atoms with van der Waals surface area (Å²) in [5.41, 5.74) is 4.24. The first kappa shape index (κ1) is 15.6. The predicted molar refractivity (Wildman–Crippen MR) is 102 cm³/mol. The third kappa shape index (κ3) is 3.06. The molecule has 0 aliphatic rings. The number of aromatic nitrogens is 3. The maximum absolute atomic E-state index is 6.03. The Labute approximate surface area is 151 Å². The predicted octanol–water partition coefficient (Wildman–Crippen LogP) is 5.56. The van der Waals surface area contributed by atoms with Gasteiger partial charge in [0.15, 0.2) is 11.6 Å². The van der Waals surface area contributed by atoms with Crippen LogP contribution < -0.4 is 0 Å². The molecule has 0 radical (unpaired) electrons. The Morgan fingerprint density at radius 2 is 1.24 bits per heavy atom. The smallest absolute Gasteiger partial charge is 0.168 e. The van der Waals surface area contributed by atoms with Gasteiger partial charge in [-0.15, -0.1) is 10.2 Å². The Morgan fingerprint density at radius 3 is 1.84 bits per heavy atom. The molecule has 4 heteroatoms. The van der Waals surface area contributed by atoms with Crippen molar-refractivity contribution in [2.45, 2.75) is 6.92 Å². The van der Waals surface area contributed by atoms with Crippen molar-refractivity contribution in [1.82, 2.24) is 14.8 Å². The van der Waals surface area contributed by atoms with Crippen molar-refractivity contribution in [3.05, 3.63) is 89.4 Å². The number of halogens is 1. The summed E-state index contributed by atoms with van der Waals surface area (Å²) in [5.74, 6) is 1.61. The third-order valence-corrected chi connectivity index (χ3v) is 4.34. The lowest BCUT2D eigenvalue weighted by atomic mass is 10.1. The molecule has 1 aromatic heterocycles. The SMILES string of the molecule is Cc1ccc(-n2c(-c3ccccc3)nnc2-c2ccc(Cl)cc2)cc1. The molecular formula is C21H16ClN3. The van der Waals surface area contributed by atoms with Crippen LogP contribution in [0.4, 0.5) is 0 Å². The number of benzene rings is 3. The second-order valence-corrected chi connectivity index (χ2v) is 6.33. The average molecular weight is 346 g/mol. The van der Waals surface area contributed by atoms with Gasteiger partial charge in [0, 0.05) is 21.8 Å². The molecule has 0 atom stereocenters. The monoisotopic (exact) mass is 345 g/mol. The zero-order valence-corrected chi connectivity index (χ0v) is 14.5. The summed E-state index contributed by atoms with van der Waals surface area (Å²) in [4.78, 5) is 0. The Morgan fingerprint density at radius 1 is 0.680 bits per heavy atom. The summed E-state index contributed by atoms with van der Waals surface area (Å²) >= 11 is 6.03. The van der Waals surface area contributed by atoms with Crippen molar-refractivity contribution in [1.29, 1.82) is 0 Å². The van der Waals surface area contributed by atoms with Gasteiger partial charge in [0.25, 0.3) is 0 Å². The molecule has 0 aliphatic carbocycles. The highest BCUT2D eigenvalue weighted by atomic mass is 35.5. The Hall–Kier alpha value is -2.91. The highest BCUT2D eigenvalue weighted by molar-refractivity contribution is 6.30. The van der Waals surface area contributed by atoms with E-state index < -0.39 is 0 Å². The summed E-state index contributed by atoms with van der Waals surface area (Å²) in [6.45, 7) is 2.08. The molecule has 0 saturated carbocycles. The van der Waals surface area contributed by atoms with Gasteiger partial charge in [0.05, 0.1) is 0 Å². The lowest BCUT2D eigenvalue weighted by Gasteiger charge is -2.11. The van der Waals surface area contributed by atoms with E-state index >= 15 is 0 Å². The second-order valence-electron chi connectivity index (χ2n) is 5.89. The summed E-state index contributed by atoms with van der Waals surface area (Å²) in [7, 11) is 0. The molecule has 3 aromatic carbocycles. The number of nitrogens with zero attached hydrogens (tertiary/aromatic N) is 3. The van der Waals surface area contributed by atoms with E-state index in [2.05, 4.69) is 46.0 Å². The van der Waals surface area contributed by atoms with E-state index in [4.69, 9.17) is 11.6 Å². The van der Waals surface area contributed by atoms with E-state index in [0.29, 0.717) is 5.02 Å². The molecular weight excluding hydrogens is 330 g/mol. The molecule has 122 valence electrons. The summed E-state index contributed by atoms with van der Waals surface area (Å²) < 4.78 is 2.08. The van der Waals surface area contributed by atoms with Crippen molar-refractivity contribution in [3.8, 4) is 28.5 Å². The van der Waals surface area contributed by atoms with Crippen LogP contribution >= 0.6 is 11.6 Å². The van der Waals surface area contributed by atoms with Crippen LogP contribution in [0.5, 0.6) is 0 Å². The number of hydrogen-bond acceptors (Lipinski definition) is 2. The maximum Gasteiger partial charge on any atom is 0.168 e. The zero-order chi connectivity index (χ0) is 17.2. The number of rotatable bonds is 3. The molecule has 4 aromatic rings. The molecule has 0 aliphatic heterocycles. The highest BCUT2D eigenvalue weighted by Gasteiger charge is 2.16. The first-order chi connectivity index (χ1) is 12.2. The van der Waals surface area contributed by atoms with Crippen LogP contribution in [0.3, 0.4) is 0 Å². The lowest BCUT2D eigenvalue weighted by Crippen LogP contribution is -2.00. The van der Waals surface area contributed by atoms with Gasteiger partial charge in [-0.25, -0.2) is 0 Å². The van der Waals surface area contributed by atoms with Gasteiger partial charge in [-0.3, -0.25) is 4.57 Å². The minimum atomic E-state index is 0.702. The van der Waals surface area contributed by atoms with Crippen LogP contribution in [-0.4, -0.2) is 14.8 Å². The second kappa shape index (κ2) is 6.54.